The molecule has 2 N–H and O–H groups in total. The van der Waals surface area contributed by atoms with Gasteiger partial charge in [0.2, 0.25) is 5.91 Å². The molecule has 1 atom stereocenters. The lowest BCUT2D eigenvalue weighted by Crippen LogP contribution is -2.53. The number of aromatic nitrogens is 4. The normalized spacial score (nSPS) is 19.0. The number of nitrogens with zero attached hydrogens (tertiary/aromatic N) is 7. The molecule has 0 bridgehead atoms. The van der Waals surface area contributed by atoms with E-state index in [1.165, 1.54) is 24.5 Å². The first-order valence-corrected chi connectivity index (χ1v) is 14.6. The van der Waals surface area contributed by atoms with Gasteiger partial charge in [0.05, 0.1) is 28.5 Å². The van der Waals surface area contributed by atoms with Gasteiger partial charge in [-0.1, -0.05) is 12.6 Å². The Bertz CT molecular complexity index is 1670. The Morgan fingerprint density at radius 2 is 1.71 bits per heavy atom. The van der Waals surface area contributed by atoms with Crippen molar-refractivity contribution in [1.29, 1.82) is 0 Å². The molecule has 10 nitrogen and oxygen atoms in total. The van der Waals surface area contributed by atoms with E-state index in [9.17, 15) is 9.59 Å². The van der Waals surface area contributed by atoms with Crippen LogP contribution in [0.15, 0.2) is 67.5 Å². The van der Waals surface area contributed by atoms with Gasteiger partial charge in [0.15, 0.2) is 0 Å². The van der Waals surface area contributed by atoms with Crippen molar-refractivity contribution in [3.8, 4) is 17.1 Å². The monoisotopic (exact) mass is 562 g/mol. The van der Waals surface area contributed by atoms with Crippen LogP contribution in [0.25, 0.3) is 28.1 Å². The topological polar surface area (TPSA) is 113 Å². The minimum absolute atomic E-state index is 0.0369. The third kappa shape index (κ3) is 4.76. The number of rotatable bonds is 5. The van der Waals surface area contributed by atoms with Crippen molar-refractivity contribution in [2.45, 2.75) is 31.1 Å². The molecule has 7 rings (SSSR count). The van der Waals surface area contributed by atoms with Crippen molar-refractivity contribution in [2.24, 2.45) is 0 Å². The predicted octanol–water partition coefficient (Wildman–Crippen LogP) is 4.18. The molecule has 42 heavy (non-hydrogen) atoms. The van der Waals surface area contributed by atoms with Crippen molar-refractivity contribution in [2.75, 3.05) is 45.0 Å². The number of carbonyl (C=O) groups is 2. The molecule has 3 fully saturated rings. The highest BCUT2D eigenvalue weighted by Crippen LogP contribution is 2.42. The summed E-state index contributed by atoms with van der Waals surface area (Å²) in [4.78, 5) is 44.8. The molecule has 0 unspecified atom stereocenters. The Hall–Kier alpha value is -4.73. The number of amides is 3. The fourth-order valence-electron chi connectivity index (χ4n) is 6.21. The quantitative estimate of drug-likeness (QED) is 0.365. The number of urea groups is 1. The molecule has 1 aliphatic carbocycles. The van der Waals surface area contributed by atoms with Crippen molar-refractivity contribution < 1.29 is 9.59 Å². The van der Waals surface area contributed by atoms with E-state index in [0.29, 0.717) is 51.0 Å². The molecule has 2 aliphatic heterocycles. The second-order valence-electron chi connectivity index (χ2n) is 11.4. The van der Waals surface area contributed by atoms with E-state index >= 15 is 0 Å². The molecule has 0 spiro atoms. The maximum atomic E-state index is 13.2. The molecular formula is C32H34N8O2. The third-order valence-corrected chi connectivity index (χ3v) is 8.75. The maximum Gasteiger partial charge on any atom is 0.320 e. The van der Waals surface area contributed by atoms with E-state index < -0.39 is 0 Å². The van der Waals surface area contributed by atoms with Gasteiger partial charge < -0.3 is 20.4 Å². The van der Waals surface area contributed by atoms with Gasteiger partial charge in [-0.2, -0.15) is 0 Å². The number of nitrogen functional groups attached to an aromatic ring is 1. The smallest absolute Gasteiger partial charge is 0.320 e. The van der Waals surface area contributed by atoms with Gasteiger partial charge in [-0.05, 0) is 73.2 Å². The summed E-state index contributed by atoms with van der Waals surface area (Å²) in [6.07, 6.45) is 8.23. The summed E-state index contributed by atoms with van der Waals surface area (Å²) in [5.74, 6) is 1.88. The highest BCUT2D eigenvalue weighted by Gasteiger charge is 2.33. The number of imidazole rings is 1. The van der Waals surface area contributed by atoms with Crippen LogP contribution in [0.1, 0.15) is 42.4 Å². The highest BCUT2D eigenvalue weighted by atomic mass is 16.2. The van der Waals surface area contributed by atoms with Crippen molar-refractivity contribution >= 4 is 28.8 Å². The fourth-order valence-corrected chi connectivity index (χ4v) is 6.21. The van der Waals surface area contributed by atoms with Gasteiger partial charge in [0.1, 0.15) is 11.6 Å². The van der Waals surface area contributed by atoms with Crippen LogP contribution in [0.5, 0.6) is 0 Å². The number of hydrogen-bond acceptors (Lipinski definition) is 6. The van der Waals surface area contributed by atoms with Gasteiger partial charge in [-0.15, -0.1) is 0 Å². The Labute approximate surface area is 244 Å². The zero-order chi connectivity index (χ0) is 28.8. The summed E-state index contributed by atoms with van der Waals surface area (Å²) in [6.45, 7) is 7.04. The second kappa shape index (κ2) is 10.6. The summed E-state index contributed by atoms with van der Waals surface area (Å²) in [5, 5.41) is 0. The molecule has 3 amide bonds. The first kappa shape index (κ1) is 26.2. The molecule has 1 saturated carbocycles. The number of likely N-dealkylation sites (tertiary alicyclic amines) is 1. The first-order chi connectivity index (χ1) is 20.5. The Kier molecular flexibility index (Phi) is 6.60. The molecule has 0 radical (unpaired) electrons. The third-order valence-electron chi connectivity index (χ3n) is 8.75. The van der Waals surface area contributed by atoms with Crippen LogP contribution >= 0.6 is 0 Å². The van der Waals surface area contributed by atoms with Crippen LogP contribution in [0, 0.1) is 0 Å². The van der Waals surface area contributed by atoms with Crippen LogP contribution in [-0.2, 0) is 4.79 Å². The van der Waals surface area contributed by atoms with E-state index in [-0.39, 0.29) is 17.9 Å². The number of pyridine rings is 2. The average Bonchev–Trinajstić information content (AvgIpc) is 3.64. The molecule has 5 heterocycles. The molecule has 10 heteroatoms. The zero-order valence-electron chi connectivity index (χ0n) is 23.5. The van der Waals surface area contributed by atoms with E-state index in [0.717, 1.165) is 40.2 Å². The summed E-state index contributed by atoms with van der Waals surface area (Å²) in [7, 11) is 0. The Balaban J connectivity index is 1.12. The minimum Gasteiger partial charge on any atom is -0.383 e. The maximum absolute atomic E-state index is 13.2. The summed E-state index contributed by atoms with van der Waals surface area (Å²) in [5.41, 5.74) is 12.2. The van der Waals surface area contributed by atoms with Gasteiger partial charge in [-0.3, -0.25) is 14.3 Å². The largest absolute Gasteiger partial charge is 0.383 e. The molecule has 2 saturated heterocycles. The number of nitrogens with two attached hydrogens (primary N) is 1. The summed E-state index contributed by atoms with van der Waals surface area (Å²) in [6, 6.07) is 14.5. The fraction of sp³-hybridized carbons (Fsp3) is 0.344. The van der Waals surface area contributed by atoms with Crippen molar-refractivity contribution in [3.05, 3.63) is 78.8 Å². The molecule has 214 valence electrons. The van der Waals surface area contributed by atoms with Crippen LogP contribution in [-0.4, -0.2) is 85.4 Å². The first-order valence-electron chi connectivity index (χ1n) is 14.6. The van der Waals surface area contributed by atoms with Crippen LogP contribution in [0.3, 0.4) is 0 Å². The predicted molar refractivity (Wildman–Crippen MR) is 161 cm³/mol. The van der Waals surface area contributed by atoms with Crippen LogP contribution in [0.2, 0.25) is 0 Å². The molecular weight excluding hydrogens is 528 g/mol. The lowest BCUT2D eigenvalue weighted by atomic mass is 10.0. The minimum atomic E-state index is -0.0825. The van der Waals surface area contributed by atoms with E-state index in [4.69, 9.17) is 15.7 Å². The average molecular weight is 563 g/mol. The van der Waals surface area contributed by atoms with Gasteiger partial charge >= 0.3 is 6.03 Å². The Morgan fingerprint density at radius 1 is 0.905 bits per heavy atom. The number of fused-ring (bicyclic) bond motifs is 1. The molecule has 1 aromatic carbocycles. The van der Waals surface area contributed by atoms with Crippen LogP contribution < -0.4 is 5.73 Å². The number of carbonyl (C=O) groups excluding carboxylic acids is 2. The number of benzene rings is 1. The lowest BCUT2D eigenvalue weighted by Gasteiger charge is -2.36. The summed E-state index contributed by atoms with van der Waals surface area (Å²) >= 11 is 0. The van der Waals surface area contributed by atoms with E-state index in [2.05, 4.69) is 46.5 Å². The van der Waals surface area contributed by atoms with Gasteiger partial charge in [0.25, 0.3) is 0 Å². The summed E-state index contributed by atoms with van der Waals surface area (Å²) < 4.78 is 2.13. The number of hydrogen-bond donors (Lipinski definition) is 1. The zero-order valence-corrected chi connectivity index (χ0v) is 23.5. The molecule has 4 aromatic rings. The van der Waals surface area contributed by atoms with Crippen LogP contribution in [0.4, 0.5) is 10.6 Å². The molecule has 3 aliphatic rings. The second-order valence-corrected chi connectivity index (χ2v) is 11.4. The molecule has 3 aromatic heterocycles. The lowest BCUT2D eigenvalue weighted by molar-refractivity contribution is -0.127. The SMILES string of the molecule is C=CC(=O)N1CCN(C(=O)N2CC[C@H](c3ccc(-n4c(-c5cccnc5N)nc5ccc(C6CC6)cc54)cn3)C2)CC1. The Morgan fingerprint density at radius 3 is 2.43 bits per heavy atom. The number of anilines is 1. The van der Waals surface area contributed by atoms with Crippen molar-refractivity contribution in [1.82, 2.24) is 34.2 Å². The standard InChI is InChI=1S/C32H34N8O2/c1-2-29(41)37-14-16-38(17-15-37)32(42)39-13-11-23(20-39)26-10-8-24(19-35-26)40-28-18-22(21-5-6-21)7-9-27(28)36-31(40)25-4-3-12-34-30(25)33/h2-4,7-10,12,18-19,21,23H,1,5-6,11,13-17,20H2,(H2,33,34)/t23-/m0/s1. The highest BCUT2D eigenvalue weighted by molar-refractivity contribution is 5.87. The van der Waals surface area contributed by atoms with Crippen molar-refractivity contribution in [3.63, 3.8) is 0 Å². The van der Waals surface area contributed by atoms with E-state index in [1.807, 2.05) is 28.1 Å². The van der Waals surface area contributed by atoms with Gasteiger partial charge in [-0.25, -0.2) is 14.8 Å². The van der Waals surface area contributed by atoms with Gasteiger partial charge in [0, 0.05) is 57.1 Å². The van der Waals surface area contributed by atoms with E-state index in [1.54, 1.807) is 11.1 Å². The number of piperazine rings is 1.